The highest BCUT2D eigenvalue weighted by atomic mass is 16.5. The highest BCUT2D eigenvalue weighted by molar-refractivity contribution is 6.35. The van der Waals surface area contributed by atoms with Crippen molar-refractivity contribution in [1.29, 1.82) is 0 Å². The molecule has 0 saturated carbocycles. The molecule has 3 rings (SSSR count). The standard InChI is InChI=1S/C18H17NO3/c1-19-16-7-5-4-6-14(16)15(18(19)20)10-12-8-9-13(21-2)11-17(12)22-3/h4-11H,1-3H3/b15-10-. The summed E-state index contributed by atoms with van der Waals surface area (Å²) < 4.78 is 10.6. The fourth-order valence-electron chi connectivity index (χ4n) is 2.63. The van der Waals surface area contributed by atoms with Gasteiger partial charge in [-0.15, -0.1) is 0 Å². The number of benzene rings is 2. The smallest absolute Gasteiger partial charge is 0.258 e. The first-order chi connectivity index (χ1) is 10.7. The number of para-hydroxylation sites is 1. The molecule has 0 N–H and O–H groups in total. The van der Waals surface area contributed by atoms with Crippen molar-refractivity contribution in [2.75, 3.05) is 26.2 Å². The minimum atomic E-state index is -0.0147. The maximum absolute atomic E-state index is 12.5. The van der Waals surface area contributed by atoms with Crippen molar-refractivity contribution in [2.45, 2.75) is 0 Å². The van der Waals surface area contributed by atoms with Gasteiger partial charge < -0.3 is 14.4 Å². The van der Waals surface area contributed by atoms with Crippen LogP contribution in [0.15, 0.2) is 42.5 Å². The third kappa shape index (κ3) is 2.22. The lowest BCUT2D eigenvalue weighted by atomic mass is 10.0. The van der Waals surface area contributed by atoms with E-state index in [4.69, 9.17) is 9.47 Å². The van der Waals surface area contributed by atoms with Crippen LogP contribution >= 0.6 is 0 Å². The summed E-state index contributed by atoms with van der Waals surface area (Å²) in [5.41, 5.74) is 3.37. The molecule has 1 aliphatic rings. The van der Waals surface area contributed by atoms with Gasteiger partial charge in [0.25, 0.3) is 5.91 Å². The highest BCUT2D eigenvalue weighted by Crippen LogP contribution is 2.38. The summed E-state index contributed by atoms with van der Waals surface area (Å²) in [6, 6.07) is 13.3. The number of methoxy groups -OCH3 is 2. The monoisotopic (exact) mass is 295 g/mol. The van der Waals surface area contributed by atoms with E-state index >= 15 is 0 Å². The third-order valence-corrected chi connectivity index (χ3v) is 3.83. The van der Waals surface area contributed by atoms with E-state index in [1.165, 1.54) is 0 Å². The average Bonchev–Trinajstić information content (AvgIpc) is 2.80. The molecule has 4 heteroatoms. The molecule has 2 aromatic carbocycles. The number of rotatable bonds is 3. The van der Waals surface area contributed by atoms with Gasteiger partial charge in [0.1, 0.15) is 11.5 Å². The van der Waals surface area contributed by atoms with Crippen LogP contribution in [0.2, 0.25) is 0 Å². The number of carbonyl (C=O) groups excluding carboxylic acids is 1. The van der Waals surface area contributed by atoms with Gasteiger partial charge in [-0.1, -0.05) is 18.2 Å². The first kappa shape index (κ1) is 14.2. The van der Waals surface area contributed by atoms with E-state index in [2.05, 4.69) is 0 Å². The Morgan fingerprint density at radius 2 is 1.82 bits per heavy atom. The van der Waals surface area contributed by atoms with Gasteiger partial charge in [-0.05, 0) is 24.3 Å². The Balaban J connectivity index is 2.11. The molecule has 0 spiro atoms. The molecule has 0 saturated heterocycles. The maximum Gasteiger partial charge on any atom is 0.258 e. The first-order valence-corrected chi connectivity index (χ1v) is 6.97. The summed E-state index contributed by atoms with van der Waals surface area (Å²) in [5.74, 6) is 1.38. The average molecular weight is 295 g/mol. The quantitative estimate of drug-likeness (QED) is 0.816. The second-order valence-corrected chi connectivity index (χ2v) is 5.05. The summed E-state index contributed by atoms with van der Waals surface area (Å²) in [5, 5.41) is 0. The molecule has 0 unspecified atom stereocenters. The second-order valence-electron chi connectivity index (χ2n) is 5.05. The zero-order valence-corrected chi connectivity index (χ0v) is 12.8. The summed E-state index contributed by atoms with van der Waals surface area (Å²) in [6.07, 6.45) is 1.86. The molecular weight excluding hydrogens is 278 g/mol. The molecule has 112 valence electrons. The van der Waals surface area contributed by atoms with Crippen LogP contribution in [0.25, 0.3) is 11.6 Å². The van der Waals surface area contributed by atoms with Crippen molar-refractivity contribution in [1.82, 2.24) is 0 Å². The lowest BCUT2D eigenvalue weighted by Crippen LogP contribution is -2.20. The zero-order chi connectivity index (χ0) is 15.7. The predicted octanol–water partition coefficient (Wildman–Crippen LogP) is 3.22. The Morgan fingerprint density at radius 1 is 1.05 bits per heavy atom. The van der Waals surface area contributed by atoms with Gasteiger partial charge in [-0.25, -0.2) is 0 Å². The van der Waals surface area contributed by atoms with Crippen LogP contribution in [-0.4, -0.2) is 27.2 Å². The van der Waals surface area contributed by atoms with Crippen molar-refractivity contribution < 1.29 is 14.3 Å². The Hall–Kier alpha value is -2.75. The van der Waals surface area contributed by atoms with Crippen LogP contribution < -0.4 is 14.4 Å². The lowest BCUT2D eigenvalue weighted by molar-refractivity contribution is -0.112. The Bertz CT molecular complexity index is 765. The summed E-state index contributed by atoms with van der Waals surface area (Å²) in [7, 11) is 5.00. The molecule has 2 aromatic rings. The van der Waals surface area contributed by atoms with Crippen molar-refractivity contribution in [3.05, 3.63) is 53.6 Å². The van der Waals surface area contributed by atoms with Gasteiger partial charge in [-0.3, -0.25) is 4.79 Å². The Kier molecular flexibility index (Phi) is 3.59. The van der Waals surface area contributed by atoms with E-state index < -0.39 is 0 Å². The first-order valence-electron chi connectivity index (χ1n) is 6.97. The van der Waals surface area contributed by atoms with E-state index in [0.717, 1.165) is 16.8 Å². The van der Waals surface area contributed by atoms with E-state index in [-0.39, 0.29) is 5.91 Å². The number of hydrogen-bond acceptors (Lipinski definition) is 3. The normalized spacial score (nSPS) is 15.1. The fourth-order valence-corrected chi connectivity index (χ4v) is 2.63. The number of ether oxygens (including phenoxy) is 2. The second kappa shape index (κ2) is 5.56. The van der Waals surface area contributed by atoms with Crippen molar-refractivity contribution in [2.24, 2.45) is 0 Å². The summed E-state index contributed by atoms with van der Waals surface area (Å²) in [6.45, 7) is 0. The maximum atomic E-state index is 12.5. The van der Waals surface area contributed by atoms with E-state index in [1.54, 1.807) is 32.2 Å². The van der Waals surface area contributed by atoms with Crippen LogP contribution in [0, 0.1) is 0 Å². The Morgan fingerprint density at radius 3 is 2.55 bits per heavy atom. The summed E-state index contributed by atoms with van der Waals surface area (Å²) >= 11 is 0. The van der Waals surface area contributed by atoms with E-state index in [9.17, 15) is 4.79 Å². The van der Waals surface area contributed by atoms with Crippen molar-refractivity contribution >= 4 is 23.2 Å². The van der Waals surface area contributed by atoms with E-state index in [0.29, 0.717) is 17.1 Å². The van der Waals surface area contributed by atoms with Crippen LogP contribution in [0.3, 0.4) is 0 Å². The minimum Gasteiger partial charge on any atom is -0.497 e. The number of fused-ring (bicyclic) bond motifs is 1. The number of nitrogens with zero attached hydrogens (tertiary/aromatic N) is 1. The van der Waals surface area contributed by atoms with Gasteiger partial charge in [0.15, 0.2) is 0 Å². The molecule has 0 fully saturated rings. The molecule has 1 heterocycles. The van der Waals surface area contributed by atoms with Gasteiger partial charge in [-0.2, -0.15) is 0 Å². The third-order valence-electron chi connectivity index (χ3n) is 3.83. The molecule has 0 bridgehead atoms. The van der Waals surface area contributed by atoms with Crippen LogP contribution in [-0.2, 0) is 4.79 Å². The topological polar surface area (TPSA) is 38.8 Å². The van der Waals surface area contributed by atoms with Crippen LogP contribution in [0.5, 0.6) is 11.5 Å². The minimum absolute atomic E-state index is 0.0147. The predicted molar refractivity (Wildman–Crippen MR) is 87.3 cm³/mol. The van der Waals surface area contributed by atoms with Gasteiger partial charge in [0, 0.05) is 29.8 Å². The van der Waals surface area contributed by atoms with Gasteiger partial charge in [0.2, 0.25) is 0 Å². The number of likely N-dealkylation sites (N-methyl/N-ethyl adjacent to an activating group) is 1. The van der Waals surface area contributed by atoms with Gasteiger partial charge >= 0.3 is 0 Å². The molecule has 1 amide bonds. The number of amides is 1. The number of hydrogen-bond donors (Lipinski definition) is 0. The van der Waals surface area contributed by atoms with Crippen LogP contribution in [0.1, 0.15) is 11.1 Å². The fraction of sp³-hybridized carbons (Fsp3) is 0.167. The summed E-state index contributed by atoms with van der Waals surface area (Å²) in [4.78, 5) is 14.1. The largest absolute Gasteiger partial charge is 0.497 e. The molecule has 4 nitrogen and oxygen atoms in total. The lowest BCUT2D eigenvalue weighted by Gasteiger charge is -2.09. The SMILES string of the molecule is COc1ccc(/C=C2\C(=O)N(C)c3ccccc32)c(OC)c1. The molecule has 0 radical (unpaired) electrons. The highest BCUT2D eigenvalue weighted by Gasteiger charge is 2.29. The zero-order valence-electron chi connectivity index (χ0n) is 12.8. The van der Waals surface area contributed by atoms with Crippen molar-refractivity contribution in [3.63, 3.8) is 0 Å². The van der Waals surface area contributed by atoms with Crippen molar-refractivity contribution in [3.8, 4) is 11.5 Å². The van der Waals surface area contributed by atoms with Gasteiger partial charge in [0.05, 0.1) is 19.9 Å². The Labute approximate surface area is 129 Å². The number of carbonyl (C=O) groups is 1. The van der Waals surface area contributed by atoms with Crippen LogP contribution in [0.4, 0.5) is 5.69 Å². The van der Waals surface area contributed by atoms with E-state index in [1.807, 2.05) is 42.5 Å². The molecule has 1 aliphatic heterocycles. The number of anilines is 1. The molecule has 0 aliphatic carbocycles. The molecular formula is C18H17NO3. The molecule has 22 heavy (non-hydrogen) atoms. The molecule has 0 atom stereocenters. The molecule has 0 aromatic heterocycles.